The zero-order chi connectivity index (χ0) is 13.1. The van der Waals surface area contributed by atoms with Gasteiger partial charge in [-0.25, -0.2) is 0 Å². The van der Waals surface area contributed by atoms with Crippen molar-refractivity contribution in [3.63, 3.8) is 0 Å². The van der Waals surface area contributed by atoms with Gasteiger partial charge in [0.2, 0.25) is 0 Å². The van der Waals surface area contributed by atoms with E-state index in [0.717, 1.165) is 22.6 Å². The zero-order valence-corrected chi connectivity index (χ0v) is 11.2. The van der Waals surface area contributed by atoms with Gasteiger partial charge in [-0.05, 0) is 54.3 Å². The highest BCUT2D eigenvalue weighted by molar-refractivity contribution is 5.65. The Morgan fingerprint density at radius 1 is 1.00 bits per heavy atom. The van der Waals surface area contributed by atoms with E-state index in [0.29, 0.717) is 5.92 Å². The normalized spacial score (nSPS) is 10.7. The molecule has 0 aromatic heterocycles. The summed E-state index contributed by atoms with van der Waals surface area (Å²) in [5.74, 6) is 0.536. The van der Waals surface area contributed by atoms with Crippen LogP contribution in [0.3, 0.4) is 0 Å². The number of rotatable bonds is 3. The van der Waals surface area contributed by atoms with Gasteiger partial charge in [-0.2, -0.15) is 0 Å². The Morgan fingerprint density at radius 3 is 2.44 bits per heavy atom. The SMILES string of the molecule is Cc1cc(N)cc(Nc2cccc(C(C)C)c2)c1. The van der Waals surface area contributed by atoms with Gasteiger partial charge in [-0.15, -0.1) is 0 Å². The maximum absolute atomic E-state index is 5.85. The molecule has 0 aliphatic carbocycles. The molecule has 2 nitrogen and oxygen atoms in total. The predicted octanol–water partition coefficient (Wildman–Crippen LogP) is 4.44. The van der Waals surface area contributed by atoms with E-state index in [4.69, 9.17) is 5.73 Å². The van der Waals surface area contributed by atoms with Crippen molar-refractivity contribution in [1.29, 1.82) is 0 Å². The van der Waals surface area contributed by atoms with Crippen molar-refractivity contribution in [2.75, 3.05) is 11.1 Å². The Balaban J connectivity index is 2.25. The first kappa shape index (κ1) is 12.5. The van der Waals surface area contributed by atoms with Crippen molar-refractivity contribution in [2.24, 2.45) is 0 Å². The van der Waals surface area contributed by atoms with Gasteiger partial charge < -0.3 is 11.1 Å². The molecule has 0 aliphatic rings. The molecule has 0 bridgehead atoms. The van der Waals surface area contributed by atoms with Crippen LogP contribution in [0.15, 0.2) is 42.5 Å². The van der Waals surface area contributed by atoms with Crippen LogP contribution in [0, 0.1) is 6.92 Å². The average Bonchev–Trinajstić information content (AvgIpc) is 2.27. The van der Waals surface area contributed by atoms with Crippen molar-refractivity contribution in [3.8, 4) is 0 Å². The lowest BCUT2D eigenvalue weighted by Gasteiger charge is -2.11. The summed E-state index contributed by atoms with van der Waals surface area (Å²) in [6.45, 7) is 6.44. The number of nitrogen functional groups attached to an aromatic ring is 1. The maximum atomic E-state index is 5.85. The Kier molecular flexibility index (Phi) is 3.56. The summed E-state index contributed by atoms with van der Waals surface area (Å²) in [5, 5.41) is 3.40. The second kappa shape index (κ2) is 5.13. The molecular formula is C16H20N2. The number of nitrogens with one attached hydrogen (secondary N) is 1. The van der Waals surface area contributed by atoms with Crippen molar-refractivity contribution >= 4 is 17.1 Å². The Labute approximate surface area is 109 Å². The van der Waals surface area contributed by atoms with E-state index in [-0.39, 0.29) is 0 Å². The van der Waals surface area contributed by atoms with E-state index in [9.17, 15) is 0 Å². The molecule has 2 aromatic carbocycles. The molecule has 0 heterocycles. The minimum atomic E-state index is 0.536. The molecule has 0 aliphatic heterocycles. The number of anilines is 3. The number of nitrogens with two attached hydrogens (primary N) is 1. The Hall–Kier alpha value is -1.96. The molecule has 2 heteroatoms. The fourth-order valence-corrected chi connectivity index (χ4v) is 2.03. The first-order valence-corrected chi connectivity index (χ1v) is 6.29. The van der Waals surface area contributed by atoms with Crippen LogP contribution < -0.4 is 11.1 Å². The van der Waals surface area contributed by atoms with Crippen LogP contribution in [-0.4, -0.2) is 0 Å². The third-order valence-electron chi connectivity index (χ3n) is 2.94. The molecule has 0 atom stereocenters. The molecule has 18 heavy (non-hydrogen) atoms. The fraction of sp³-hybridized carbons (Fsp3) is 0.250. The lowest BCUT2D eigenvalue weighted by Crippen LogP contribution is -1.95. The lowest BCUT2D eigenvalue weighted by molar-refractivity contribution is 0.867. The molecule has 0 amide bonds. The monoisotopic (exact) mass is 240 g/mol. The highest BCUT2D eigenvalue weighted by atomic mass is 14.9. The van der Waals surface area contributed by atoms with Gasteiger partial charge in [0.05, 0.1) is 0 Å². The van der Waals surface area contributed by atoms with Crippen molar-refractivity contribution < 1.29 is 0 Å². The van der Waals surface area contributed by atoms with Crippen LogP contribution >= 0.6 is 0 Å². The highest BCUT2D eigenvalue weighted by Crippen LogP contribution is 2.23. The molecule has 0 saturated heterocycles. The van der Waals surface area contributed by atoms with E-state index >= 15 is 0 Å². The molecule has 0 saturated carbocycles. The summed E-state index contributed by atoms with van der Waals surface area (Å²) in [6.07, 6.45) is 0. The number of hydrogen-bond donors (Lipinski definition) is 2. The van der Waals surface area contributed by atoms with Gasteiger partial charge in [0.25, 0.3) is 0 Å². The molecule has 0 fully saturated rings. The number of aryl methyl sites for hydroxylation is 1. The van der Waals surface area contributed by atoms with Crippen LogP contribution in [0.25, 0.3) is 0 Å². The van der Waals surface area contributed by atoms with Gasteiger partial charge in [0, 0.05) is 17.1 Å². The standard InChI is InChI=1S/C16H20N2/c1-11(2)13-5-4-6-15(9-13)18-16-8-12(3)7-14(17)10-16/h4-11,18H,17H2,1-3H3. The van der Waals surface area contributed by atoms with Crippen LogP contribution in [0.1, 0.15) is 30.9 Å². The third kappa shape index (κ3) is 3.04. The highest BCUT2D eigenvalue weighted by Gasteiger charge is 2.01. The van der Waals surface area contributed by atoms with E-state index < -0.39 is 0 Å². The summed E-state index contributed by atoms with van der Waals surface area (Å²) in [6, 6.07) is 14.5. The topological polar surface area (TPSA) is 38.0 Å². The van der Waals surface area contributed by atoms with Gasteiger partial charge in [0.15, 0.2) is 0 Å². The van der Waals surface area contributed by atoms with Crippen molar-refractivity contribution in [3.05, 3.63) is 53.6 Å². The number of benzene rings is 2. The molecule has 0 spiro atoms. The van der Waals surface area contributed by atoms with Gasteiger partial charge in [-0.1, -0.05) is 26.0 Å². The average molecular weight is 240 g/mol. The van der Waals surface area contributed by atoms with Crippen LogP contribution in [-0.2, 0) is 0 Å². The largest absolute Gasteiger partial charge is 0.399 e. The second-order valence-corrected chi connectivity index (χ2v) is 5.04. The molecule has 0 radical (unpaired) electrons. The second-order valence-electron chi connectivity index (χ2n) is 5.04. The molecule has 2 aromatic rings. The predicted molar refractivity (Wildman–Crippen MR) is 79.4 cm³/mol. The number of hydrogen-bond acceptors (Lipinski definition) is 2. The summed E-state index contributed by atoms with van der Waals surface area (Å²) >= 11 is 0. The molecule has 0 unspecified atom stereocenters. The van der Waals surface area contributed by atoms with Gasteiger partial charge >= 0.3 is 0 Å². The molecule has 2 rings (SSSR count). The maximum Gasteiger partial charge on any atom is 0.0407 e. The minimum Gasteiger partial charge on any atom is -0.399 e. The van der Waals surface area contributed by atoms with Crippen LogP contribution in [0.5, 0.6) is 0 Å². The van der Waals surface area contributed by atoms with Crippen LogP contribution in [0.2, 0.25) is 0 Å². The van der Waals surface area contributed by atoms with Crippen molar-refractivity contribution in [1.82, 2.24) is 0 Å². The van der Waals surface area contributed by atoms with E-state index in [1.165, 1.54) is 5.56 Å². The quantitative estimate of drug-likeness (QED) is 0.778. The summed E-state index contributed by atoms with van der Waals surface area (Å²) < 4.78 is 0. The summed E-state index contributed by atoms with van der Waals surface area (Å²) in [4.78, 5) is 0. The summed E-state index contributed by atoms with van der Waals surface area (Å²) in [7, 11) is 0. The smallest absolute Gasteiger partial charge is 0.0407 e. The third-order valence-corrected chi connectivity index (χ3v) is 2.94. The van der Waals surface area contributed by atoms with E-state index in [2.05, 4.69) is 49.5 Å². The lowest BCUT2D eigenvalue weighted by atomic mass is 10.0. The molecule has 94 valence electrons. The Morgan fingerprint density at radius 2 is 1.78 bits per heavy atom. The minimum absolute atomic E-state index is 0.536. The van der Waals surface area contributed by atoms with Gasteiger partial charge in [-0.3, -0.25) is 0 Å². The van der Waals surface area contributed by atoms with Crippen LogP contribution in [0.4, 0.5) is 17.1 Å². The fourth-order valence-electron chi connectivity index (χ4n) is 2.03. The molecule has 3 N–H and O–H groups in total. The van der Waals surface area contributed by atoms with Gasteiger partial charge in [0.1, 0.15) is 0 Å². The van der Waals surface area contributed by atoms with Crippen molar-refractivity contribution in [2.45, 2.75) is 26.7 Å². The first-order chi connectivity index (χ1) is 8.54. The summed E-state index contributed by atoms with van der Waals surface area (Å²) in [5.41, 5.74) is 11.3. The Bertz CT molecular complexity index is 524. The van der Waals surface area contributed by atoms with E-state index in [1.54, 1.807) is 0 Å². The first-order valence-electron chi connectivity index (χ1n) is 6.29. The zero-order valence-electron chi connectivity index (χ0n) is 11.2. The van der Waals surface area contributed by atoms with E-state index in [1.807, 2.05) is 19.1 Å². The molecular weight excluding hydrogens is 220 g/mol.